The Morgan fingerprint density at radius 1 is 1.43 bits per heavy atom. The zero-order chi connectivity index (χ0) is 14.8. The fourth-order valence-corrected chi connectivity index (χ4v) is 5.14. The number of halogens is 2. The van der Waals surface area contributed by atoms with Gasteiger partial charge in [0.1, 0.15) is 5.82 Å². The highest BCUT2D eigenvalue weighted by Crippen LogP contribution is 2.35. The summed E-state index contributed by atoms with van der Waals surface area (Å²) in [6.07, 6.45) is 1.61. The molecule has 1 aliphatic heterocycles. The molecule has 3 N–H and O–H groups in total. The highest BCUT2D eigenvalue weighted by Gasteiger charge is 2.20. The van der Waals surface area contributed by atoms with Gasteiger partial charge in [0, 0.05) is 15.5 Å². The Balaban J connectivity index is 1.85. The van der Waals surface area contributed by atoms with E-state index in [0.717, 1.165) is 12.2 Å². The number of nitrogens with one attached hydrogen (secondary N) is 1. The molecule has 0 radical (unpaired) electrons. The van der Waals surface area contributed by atoms with Crippen LogP contribution in [0.1, 0.15) is 26.9 Å². The Bertz CT molecular complexity index is 621. The highest BCUT2D eigenvalue weighted by molar-refractivity contribution is 7.98. The van der Waals surface area contributed by atoms with Crippen LogP contribution in [0.4, 0.5) is 4.39 Å². The van der Waals surface area contributed by atoms with Crippen molar-refractivity contribution in [3.63, 3.8) is 0 Å². The van der Waals surface area contributed by atoms with E-state index in [1.807, 2.05) is 11.8 Å². The molecule has 0 saturated heterocycles. The van der Waals surface area contributed by atoms with Crippen LogP contribution in [0.5, 0.6) is 0 Å². The number of benzene rings is 1. The smallest absolute Gasteiger partial charge is 0.145 e. The van der Waals surface area contributed by atoms with Gasteiger partial charge in [-0.3, -0.25) is 11.3 Å². The molecule has 2 heterocycles. The van der Waals surface area contributed by atoms with Gasteiger partial charge in [0.15, 0.2) is 0 Å². The van der Waals surface area contributed by atoms with E-state index in [2.05, 4.69) is 11.5 Å². The molecule has 112 valence electrons. The van der Waals surface area contributed by atoms with Gasteiger partial charge in [-0.1, -0.05) is 23.7 Å². The maximum Gasteiger partial charge on any atom is 0.145 e. The molecule has 21 heavy (non-hydrogen) atoms. The van der Waals surface area contributed by atoms with Gasteiger partial charge in [0.05, 0.1) is 11.1 Å². The van der Waals surface area contributed by atoms with Crippen molar-refractivity contribution in [1.82, 2.24) is 5.43 Å². The quantitative estimate of drug-likeness (QED) is 0.649. The van der Waals surface area contributed by atoms with Crippen molar-refractivity contribution in [2.45, 2.75) is 24.6 Å². The summed E-state index contributed by atoms with van der Waals surface area (Å²) in [4.78, 5) is 2.61. The van der Waals surface area contributed by atoms with E-state index in [4.69, 9.17) is 17.4 Å². The Hall–Kier alpha value is -0.590. The molecular weight excluding hydrogens is 327 g/mol. The number of hydrogen-bond donors (Lipinski definition) is 2. The molecule has 2 aromatic rings. The van der Waals surface area contributed by atoms with Crippen molar-refractivity contribution in [3.8, 4) is 0 Å². The number of fused-ring (bicyclic) bond motifs is 1. The van der Waals surface area contributed by atoms with E-state index in [-0.39, 0.29) is 16.9 Å². The number of hydrazine groups is 1. The van der Waals surface area contributed by atoms with Crippen molar-refractivity contribution < 1.29 is 4.39 Å². The summed E-state index contributed by atoms with van der Waals surface area (Å²) in [6.45, 7) is 0. The monoisotopic (exact) mass is 342 g/mol. The summed E-state index contributed by atoms with van der Waals surface area (Å²) in [5.74, 6) is 7.59. The molecule has 0 fully saturated rings. The minimum absolute atomic E-state index is 0.0847. The molecule has 0 amide bonds. The van der Waals surface area contributed by atoms with Crippen molar-refractivity contribution in [2.24, 2.45) is 5.84 Å². The van der Waals surface area contributed by atoms with Crippen LogP contribution < -0.4 is 11.3 Å². The lowest BCUT2D eigenvalue weighted by atomic mass is 10.0. The van der Waals surface area contributed by atoms with Crippen LogP contribution in [0, 0.1) is 5.82 Å². The van der Waals surface area contributed by atoms with Crippen molar-refractivity contribution in [1.29, 1.82) is 0 Å². The first-order valence-corrected chi connectivity index (χ1v) is 9.12. The topological polar surface area (TPSA) is 38.0 Å². The molecule has 0 aliphatic carbocycles. The third-order valence-corrected chi connectivity index (χ3v) is 6.30. The summed E-state index contributed by atoms with van der Waals surface area (Å²) >= 11 is 9.58. The van der Waals surface area contributed by atoms with E-state index in [1.54, 1.807) is 29.5 Å². The van der Waals surface area contributed by atoms with Crippen LogP contribution in [0.2, 0.25) is 5.02 Å². The normalized spacial score (nSPS) is 15.8. The predicted molar refractivity (Wildman–Crippen MR) is 89.4 cm³/mol. The Morgan fingerprint density at radius 3 is 3.05 bits per heavy atom. The highest BCUT2D eigenvalue weighted by atomic mass is 35.5. The SMILES string of the molecule is NNC(Cc1cccc(Cl)c1F)c1cc2c(s1)CCSC2. The van der Waals surface area contributed by atoms with Gasteiger partial charge in [-0.25, -0.2) is 4.39 Å². The molecule has 0 bridgehead atoms. The van der Waals surface area contributed by atoms with Crippen LogP contribution in [0.25, 0.3) is 0 Å². The van der Waals surface area contributed by atoms with Gasteiger partial charge < -0.3 is 0 Å². The first-order valence-electron chi connectivity index (χ1n) is 6.77. The summed E-state index contributed by atoms with van der Waals surface area (Å²) in [6, 6.07) is 7.21. The van der Waals surface area contributed by atoms with E-state index < -0.39 is 0 Å². The fraction of sp³-hybridized carbons (Fsp3) is 0.333. The molecule has 0 spiro atoms. The lowest BCUT2D eigenvalue weighted by molar-refractivity contribution is 0.535. The second-order valence-electron chi connectivity index (χ2n) is 5.04. The molecule has 1 aromatic heterocycles. The molecule has 3 rings (SSSR count). The van der Waals surface area contributed by atoms with Crippen LogP contribution in [0.15, 0.2) is 24.3 Å². The third kappa shape index (κ3) is 3.27. The standard InChI is InChI=1S/C15H16ClFN2S2/c16-11-3-1-2-9(15(11)17)6-12(19-18)14-7-10-8-20-5-4-13(10)21-14/h1-3,7,12,19H,4-6,8,18H2. The lowest BCUT2D eigenvalue weighted by Gasteiger charge is -2.15. The van der Waals surface area contributed by atoms with Gasteiger partial charge >= 0.3 is 0 Å². The minimum atomic E-state index is -0.351. The van der Waals surface area contributed by atoms with Gasteiger partial charge in [0.25, 0.3) is 0 Å². The number of rotatable bonds is 4. The largest absolute Gasteiger partial charge is 0.271 e. The van der Waals surface area contributed by atoms with Crippen LogP contribution in [-0.2, 0) is 18.6 Å². The average Bonchev–Trinajstić information content (AvgIpc) is 2.92. The maximum absolute atomic E-state index is 14.0. The molecular formula is C15H16ClFN2S2. The van der Waals surface area contributed by atoms with Crippen LogP contribution >= 0.6 is 34.7 Å². The van der Waals surface area contributed by atoms with Crippen molar-refractivity contribution >= 4 is 34.7 Å². The summed E-state index contributed by atoms with van der Waals surface area (Å²) in [7, 11) is 0. The molecule has 6 heteroatoms. The number of thiophene rings is 1. The molecule has 1 unspecified atom stereocenters. The van der Waals surface area contributed by atoms with Crippen LogP contribution in [-0.4, -0.2) is 5.75 Å². The molecule has 2 nitrogen and oxygen atoms in total. The molecule has 0 saturated carbocycles. The second kappa shape index (κ2) is 6.67. The molecule has 1 aromatic carbocycles. The first-order chi connectivity index (χ1) is 10.2. The molecule has 1 aliphatic rings. The van der Waals surface area contributed by atoms with E-state index in [0.29, 0.717) is 12.0 Å². The Morgan fingerprint density at radius 2 is 2.29 bits per heavy atom. The zero-order valence-electron chi connectivity index (χ0n) is 11.4. The van der Waals surface area contributed by atoms with Crippen molar-refractivity contribution in [2.75, 3.05) is 5.75 Å². The number of hydrogen-bond acceptors (Lipinski definition) is 4. The van der Waals surface area contributed by atoms with Gasteiger partial charge in [-0.2, -0.15) is 11.8 Å². The van der Waals surface area contributed by atoms with Gasteiger partial charge in [-0.15, -0.1) is 11.3 Å². The van der Waals surface area contributed by atoms with E-state index >= 15 is 0 Å². The Kier molecular flexibility index (Phi) is 4.86. The number of thioether (sulfide) groups is 1. The summed E-state index contributed by atoms with van der Waals surface area (Å²) in [5.41, 5.74) is 4.81. The average molecular weight is 343 g/mol. The predicted octanol–water partition coefficient (Wildman–Crippen LogP) is 4.08. The number of aryl methyl sites for hydroxylation is 1. The summed E-state index contributed by atoms with van der Waals surface area (Å²) in [5, 5.41) is 0.158. The third-order valence-electron chi connectivity index (χ3n) is 3.65. The van der Waals surface area contributed by atoms with E-state index in [9.17, 15) is 4.39 Å². The van der Waals surface area contributed by atoms with Gasteiger partial charge in [0.2, 0.25) is 0 Å². The number of nitrogens with two attached hydrogens (primary N) is 1. The van der Waals surface area contributed by atoms with Gasteiger partial charge in [-0.05, 0) is 41.9 Å². The Labute approximate surface area is 136 Å². The van der Waals surface area contributed by atoms with Crippen molar-refractivity contribution in [3.05, 3.63) is 56.0 Å². The lowest BCUT2D eigenvalue weighted by Crippen LogP contribution is -2.29. The minimum Gasteiger partial charge on any atom is -0.271 e. The maximum atomic E-state index is 14.0. The zero-order valence-corrected chi connectivity index (χ0v) is 13.8. The second-order valence-corrected chi connectivity index (χ2v) is 7.72. The fourth-order valence-electron chi connectivity index (χ4n) is 2.51. The first kappa shape index (κ1) is 15.3. The van der Waals surface area contributed by atoms with E-state index in [1.165, 1.54) is 21.1 Å². The molecule has 1 atom stereocenters. The van der Waals surface area contributed by atoms with Crippen LogP contribution in [0.3, 0.4) is 0 Å². The summed E-state index contributed by atoms with van der Waals surface area (Å²) < 4.78 is 14.0.